The highest BCUT2D eigenvalue weighted by molar-refractivity contribution is 7.10. The van der Waals surface area contributed by atoms with Gasteiger partial charge in [-0.25, -0.2) is 0 Å². The summed E-state index contributed by atoms with van der Waals surface area (Å²) in [5, 5.41) is 5.88. The average Bonchev–Trinajstić information content (AvgIpc) is 2.65. The first-order chi connectivity index (χ1) is 7.20. The van der Waals surface area contributed by atoms with Gasteiger partial charge in [0, 0.05) is 10.9 Å². The second-order valence-electron chi connectivity index (χ2n) is 4.29. The minimum atomic E-state index is 0.551. The van der Waals surface area contributed by atoms with Crippen LogP contribution in [-0.2, 0) is 0 Å². The van der Waals surface area contributed by atoms with E-state index in [9.17, 15) is 0 Å². The summed E-state index contributed by atoms with van der Waals surface area (Å²) in [6.45, 7) is 10.2. The predicted octanol–water partition coefficient (Wildman–Crippen LogP) is 4.14. The Balaban J connectivity index is 2.76. The topological polar surface area (TPSA) is 12.0 Å². The van der Waals surface area contributed by atoms with Gasteiger partial charge in [0.15, 0.2) is 0 Å². The molecule has 0 saturated carbocycles. The van der Waals surface area contributed by atoms with Crippen LogP contribution in [0.3, 0.4) is 0 Å². The maximum atomic E-state index is 3.67. The van der Waals surface area contributed by atoms with E-state index < -0.39 is 0 Å². The predicted molar refractivity (Wildman–Crippen MR) is 69.5 cm³/mol. The summed E-state index contributed by atoms with van der Waals surface area (Å²) in [4.78, 5) is 1.53. The fraction of sp³-hybridized carbons (Fsp3) is 0.692. The third-order valence-corrected chi connectivity index (χ3v) is 4.11. The molecule has 0 aliphatic heterocycles. The molecule has 0 saturated heterocycles. The number of rotatable bonds is 6. The molecule has 1 heterocycles. The monoisotopic (exact) mass is 225 g/mol. The third-order valence-electron chi connectivity index (χ3n) is 3.01. The molecule has 0 aliphatic carbocycles. The highest BCUT2D eigenvalue weighted by Crippen LogP contribution is 2.30. The summed E-state index contributed by atoms with van der Waals surface area (Å²) >= 11 is 1.89. The average molecular weight is 225 g/mol. The summed E-state index contributed by atoms with van der Waals surface area (Å²) in [5.74, 6) is 0.717. The van der Waals surface area contributed by atoms with E-state index in [1.54, 1.807) is 0 Å². The Bertz CT molecular complexity index is 280. The molecule has 0 fully saturated rings. The zero-order valence-electron chi connectivity index (χ0n) is 10.3. The van der Waals surface area contributed by atoms with E-state index in [2.05, 4.69) is 44.5 Å². The van der Waals surface area contributed by atoms with Crippen molar-refractivity contribution in [3.63, 3.8) is 0 Å². The highest BCUT2D eigenvalue weighted by Gasteiger charge is 2.19. The first kappa shape index (κ1) is 12.7. The molecule has 0 amide bonds. The highest BCUT2D eigenvalue weighted by atomic mass is 32.1. The van der Waals surface area contributed by atoms with Crippen molar-refractivity contribution in [3.8, 4) is 0 Å². The van der Waals surface area contributed by atoms with Gasteiger partial charge in [-0.15, -0.1) is 11.3 Å². The van der Waals surface area contributed by atoms with Gasteiger partial charge >= 0.3 is 0 Å². The maximum Gasteiger partial charge on any atom is 0.0443 e. The third kappa shape index (κ3) is 3.32. The molecule has 1 N–H and O–H groups in total. The first-order valence-electron chi connectivity index (χ1n) is 5.98. The summed E-state index contributed by atoms with van der Waals surface area (Å²) in [6, 6.07) is 2.78. The number of hydrogen-bond acceptors (Lipinski definition) is 2. The standard InChI is InChI=1S/C13H23NS/c1-5-8-14-12(10(3)6-2)13-11(4)7-9-15-13/h7,9-10,12,14H,5-6,8H2,1-4H3. The minimum absolute atomic E-state index is 0.551. The SMILES string of the molecule is CCCNC(c1sccc1C)C(C)CC. The first-order valence-corrected chi connectivity index (χ1v) is 6.86. The van der Waals surface area contributed by atoms with Gasteiger partial charge in [-0.05, 0) is 42.8 Å². The van der Waals surface area contributed by atoms with Gasteiger partial charge in [-0.3, -0.25) is 0 Å². The lowest BCUT2D eigenvalue weighted by Gasteiger charge is -2.24. The molecular formula is C13H23NS. The summed E-state index contributed by atoms with van der Waals surface area (Å²) in [6.07, 6.45) is 2.44. The molecule has 2 atom stereocenters. The number of hydrogen-bond donors (Lipinski definition) is 1. The Hall–Kier alpha value is -0.340. The van der Waals surface area contributed by atoms with Crippen LogP contribution in [0.25, 0.3) is 0 Å². The van der Waals surface area contributed by atoms with Gasteiger partial charge in [0.25, 0.3) is 0 Å². The smallest absolute Gasteiger partial charge is 0.0443 e. The molecule has 2 unspecified atom stereocenters. The molecule has 86 valence electrons. The Kier molecular flexibility index (Phi) is 5.34. The lowest BCUT2D eigenvalue weighted by Crippen LogP contribution is -2.27. The molecule has 0 aliphatic rings. The second kappa shape index (κ2) is 6.29. The number of nitrogens with one attached hydrogen (secondary N) is 1. The molecule has 1 nitrogen and oxygen atoms in total. The molecule has 1 aromatic rings. The van der Waals surface area contributed by atoms with Crippen molar-refractivity contribution in [1.29, 1.82) is 0 Å². The van der Waals surface area contributed by atoms with Gasteiger partial charge in [0.2, 0.25) is 0 Å². The molecule has 1 rings (SSSR count). The van der Waals surface area contributed by atoms with Crippen LogP contribution >= 0.6 is 11.3 Å². The number of aryl methyl sites for hydroxylation is 1. The van der Waals surface area contributed by atoms with Crippen LogP contribution in [0, 0.1) is 12.8 Å². The Labute approximate surface area is 97.9 Å². The van der Waals surface area contributed by atoms with E-state index in [0.29, 0.717) is 12.0 Å². The lowest BCUT2D eigenvalue weighted by atomic mass is 9.96. The Morgan fingerprint density at radius 1 is 1.40 bits per heavy atom. The van der Waals surface area contributed by atoms with Crippen LogP contribution in [0.4, 0.5) is 0 Å². The molecule has 2 heteroatoms. The molecule has 0 aromatic carbocycles. The van der Waals surface area contributed by atoms with E-state index in [1.807, 2.05) is 11.3 Å². The summed E-state index contributed by atoms with van der Waals surface area (Å²) in [5.41, 5.74) is 1.44. The van der Waals surface area contributed by atoms with Crippen LogP contribution in [0.2, 0.25) is 0 Å². The quantitative estimate of drug-likeness (QED) is 0.767. The molecule has 0 spiro atoms. The van der Waals surface area contributed by atoms with Crippen molar-refractivity contribution in [2.75, 3.05) is 6.54 Å². The molecule has 1 aromatic heterocycles. The molecule has 0 bridgehead atoms. The van der Waals surface area contributed by atoms with E-state index in [0.717, 1.165) is 6.54 Å². The van der Waals surface area contributed by atoms with Crippen molar-refractivity contribution >= 4 is 11.3 Å². The van der Waals surface area contributed by atoms with Crippen LogP contribution in [0.15, 0.2) is 11.4 Å². The zero-order chi connectivity index (χ0) is 11.3. The fourth-order valence-electron chi connectivity index (χ4n) is 1.79. The van der Waals surface area contributed by atoms with Crippen molar-refractivity contribution < 1.29 is 0 Å². The van der Waals surface area contributed by atoms with Gasteiger partial charge in [-0.2, -0.15) is 0 Å². The molecule has 15 heavy (non-hydrogen) atoms. The van der Waals surface area contributed by atoms with Gasteiger partial charge < -0.3 is 5.32 Å². The van der Waals surface area contributed by atoms with E-state index in [4.69, 9.17) is 0 Å². The lowest BCUT2D eigenvalue weighted by molar-refractivity contribution is 0.381. The van der Waals surface area contributed by atoms with Gasteiger partial charge in [0.05, 0.1) is 0 Å². The summed E-state index contributed by atoms with van der Waals surface area (Å²) in [7, 11) is 0. The second-order valence-corrected chi connectivity index (χ2v) is 5.23. The van der Waals surface area contributed by atoms with Crippen LogP contribution < -0.4 is 5.32 Å². The van der Waals surface area contributed by atoms with E-state index in [-0.39, 0.29) is 0 Å². The summed E-state index contributed by atoms with van der Waals surface area (Å²) < 4.78 is 0. The fourth-order valence-corrected chi connectivity index (χ4v) is 2.93. The van der Waals surface area contributed by atoms with Gasteiger partial charge in [0.1, 0.15) is 0 Å². The molecule has 0 radical (unpaired) electrons. The van der Waals surface area contributed by atoms with Crippen molar-refractivity contribution in [2.45, 2.75) is 46.6 Å². The number of thiophene rings is 1. The van der Waals surface area contributed by atoms with Crippen molar-refractivity contribution in [1.82, 2.24) is 5.32 Å². The Morgan fingerprint density at radius 3 is 2.60 bits per heavy atom. The largest absolute Gasteiger partial charge is 0.309 e. The molecular weight excluding hydrogens is 202 g/mol. The van der Waals surface area contributed by atoms with Crippen molar-refractivity contribution in [3.05, 3.63) is 21.9 Å². The van der Waals surface area contributed by atoms with Crippen LogP contribution in [0.5, 0.6) is 0 Å². The van der Waals surface area contributed by atoms with Crippen molar-refractivity contribution in [2.24, 2.45) is 5.92 Å². The minimum Gasteiger partial charge on any atom is -0.309 e. The van der Waals surface area contributed by atoms with E-state index in [1.165, 1.54) is 23.3 Å². The van der Waals surface area contributed by atoms with Crippen LogP contribution in [0.1, 0.15) is 50.1 Å². The van der Waals surface area contributed by atoms with Crippen LogP contribution in [-0.4, -0.2) is 6.54 Å². The Morgan fingerprint density at radius 2 is 2.13 bits per heavy atom. The normalized spacial score (nSPS) is 15.2. The maximum absolute atomic E-state index is 3.67. The zero-order valence-corrected chi connectivity index (χ0v) is 11.2. The van der Waals surface area contributed by atoms with Gasteiger partial charge in [-0.1, -0.05) is 27.2 Å². The van der Waals surface area contributed by atoms with E-state index >= 15 is 0 Å².